The first-order chi connectivity index (χ1) is 11.0. The third-order valence-corrected chi connectivity index (χ3v) is 4.16. The average Bonchev–Trinajstić information content (AvgIpc) is 2.53. The van der Waals surface area contributed by atoms with Gasteiger partial charge in [0.15, 0.2) is 0 Å². The third-order valence-electron chi connectivity index (χ3n) is 4.16. The van der Waals surface area contributed by atoms with E-state index in [4.69, 9.17) is 0 Å². The molecule has 0 aromatic heterocycles. The highest BCUT2D eigenvalue weighted by atomic mass is 14.9. The first-order valence-electron chi connectivity index (χ1n) is 8.58. The Morgan fingerprint density at radius 2 is 1.43 bits per heavy atom. The summed E-state index contributed by atoms with van der Waals surface area (Å²) >= 11 is 0. The van der Waals surface area contributed by atoms with E-state index in [0.29, 0.717) is 11.8 Å². The maximum atomic E-state index is 3.60. The van der Waals surface area contributed by atoms with E-state index >= 15 is 0 Å². The molecule has 0 atom stereocenters. The minimum absolute atomic E-state index is 0.513. The molecule has 1 N–H and O–H groups in total. The molecule has 0 saturated carbocycles. The molecule has 2 rings (SSSR count). The minimum Gasteiger partial charge on any atom is -0.361 e. The van der Waals surface area contributed by atoms with Gasteiger partial charge in [0, 0.05) is 11.9 Å². The zero-order chi connectivity index (χ0) is 16.8. The summed E-state index contributed by atoms with van der Waals surface area (Å²) in [6.45, 7) is 11.2. The predicted molar refractivity (Wildman–Crippen MR) is 102 cm³/mol. The van der Waals surface area contributed by atoms with Gasteiger partial charge in [-0.25, -0.2) is 0 Å². The molecule has 1 nitrogen and oxygen atoms in total. The van der Waals surface area contributed by atoms with E-state index in [1.165, 1.54) is 28.0 Å². The van der Waals surface area contributed by atoms with Gasteiger partial charge in [-0.3, -0.25) is 0 Å². The molecule has 0 aliphatic heterocycles. The van der Waals surface area contributed by atoms with Crippen LogP contribution in [0.2, 0.25) is 0 Å². The number of nitrogens with one attached hydrogen (secondary N) is 1. The van der Waals surface area contributed by atoms with Crippen molar-refractivity contribution in [2.24, 2.45) is 0 Å². The molecule has 0 aliphatic rings. The van der Waals surface area contributed by atoms with Gasteiger partial charge in [-0.15, -0.1) is 0 Å². The molecule has 0 amide bonds. The van der Waals surface area contributed by atoms with Gasteiger partial charge in [0.1, 0.15) is 0 Å². The van der Waals surface area contributed by atoms with Crippen molar-refractivity contribution in [3.8, 4) is 0 Å². The number of hydrogen-bond donors (Lipinski definition) is 1. The summed E-state index contributed by atoms with van der Waals surface area (Å²) in [6, 6.07) is 17.3. The lowest BCUT2D eigenvalue weighted by Crippen LogP contribution is -2.04. The average molecular weight is 307 g/mol. The van der Waals surface area contributed by atoms with Gasteiger partial charge in [-0.2, -0.15) is 0 Å². The molecule has 0 unspecified atom stereocenters. The Kier molecular flexibility index (Phi) is 6.04. The molecule has 0 spiro atoms. The van der Waals surface area contributed by atoms with Crippen LogP contribution >= 0.6 is 0 Å². The zero-order valence-electron chi connectivity index (χ0n) is 15.1. The highest BCUT2D eigenvalue weighted by Gasteiger charge is 2.12. The molecule has 23 heavy (non-hydrogen) atoms. The molecular weight excluding hydrogens is 278 g/mol. The minimum atomic E-state index is 0.513. The fourth-order valence-corrected chi connectivity index (χ4v) is 2.88. The summed E-state index contributed by atoms with van der Waals surface area (Å²) in [7, 11) is 0. The Balaban J connectivity index is 2.23. The normalized spacial score (nSPS) is 12.0. The van der Waals surface area contributed by atoms with Gasteiger partial charge in [0.05, 0.1) is 0 Å². The molecule has 0 heterocycles. The highest BCUT2D eigenvalue weighted by molar-refractivity contribution is 5.61. The summed E-state index contributed by atoms with van der Waals surface area (Å²) in [6.07, 6.45) is 3.15. The summed E-state index contributed by atoms with van der Waals surface area (Å²) in [5.74, 6) is 1.03. The number of allylic oxidation sites excluding steroid dienone is 1. The van der Waals surface area contributed by atoms with Crippen molar-refractivity contribution in [3.63, 3.8) is 0 Å². The van der Waals surface area contributed by atoms with Gasteiger partial charge in [0.25, 0.3) is 0 Å². The Morgan fingerprint density at radius 3 is 1.96 bits per heavy atom. The molecule has 2 aromatic rings. The largest absolute Gasteiger partial charge is 0.361 e. The summed E-state index contributed by atoms with van der Waals surface area (Å²) < 4.78 is 0. The Morgan fingerprint density at radius 1 is 0.870 bits per heavy atom. The number of anilines is 1. The molecule has 122 valence electrons. The van der Waals surface area contributed by atoms with E-state index in [0.717, 1.165) is 6.42 Å². The molecule has 1 heteroatoms. The van der Waals surface area contributed by atoms with E-state index in [1.54, 1.807) is 0 Å². The second kappa shape index (κ2) is 8.01. The van der Waals surface area contributed by atoms with Gasteiger partial charge in [0.2, 0.25) is 0 Å². The molecule has 2 aromatic carbocycles. The first-order valence-corrected chi connectivity index (χ1v) is 8.58. The first kappa shape index (κ1) is 17.3. The summed E-state index contributed by atoms with van der Waals surface area (Å²) in [5, 5.41) is 3.60. The van der Waals surface area contributed by atoms with Crippen LogP contribution in [-0.2, 0) is 6.42 Å². The molecule has 0 fully saturated rings. The van der Waals surface area contributed by atoms with Crippen LogP contribution in [0.3, 0.4) is 0 Å². The van der Waals surface area contributed by atoms with Crippen LogP contribution in [0.5, 0.6) is 0 Å². The Labute approximate surface area is 141 Å². The lowest BCUT2D eigenvalue weighted by Gasteiger charge is -2.19. The number of rotatable bonds is 6. The van der Waals surface area contributed by atoms with Crippen LogP contribution in [0.25, 0.3) is 0 Å². The molecule has 0 aliphatic carbocycles. The fourth-order valence-electron chi connectivity index (χ4n) is 2.88. The topological polar surface area (TPSA) is 12.0 Å². The van der Waals surface area contributed by atoms with Gasteiger partial charge in [-0.1, -0.05) is 81.8 Å². The maximum Gasteiger partial charge on any atom is 0.0450 e. The third kappa shape index (κ3) is 4.72. The maximum absolute atomic E-state index is 3.60. The van der Waals surface area contributed by atoms with Gasteiger partial charge < -0.3 is 5.32 Å². The zero-order valence-corrected chi connectivity index (χ0v) is 15.1. The number of para-hydroxylation sites is 1. The van der Waals surface area contributed by atoms with E-state index in [-0.39, 0.29) is 0 Å². The lowest BCUT2D eigenvalue weighted by atomic mass is 9.92. The fraction of sp³-hybridized carbons (Fsp3) is 0.364. The summed E-state index contributed by atoms with van der Waals surface area (Å²) in [5.41, 5.74) is 6.75. The molecule has 0 radical (unpaired) electrons. The smallest absolute Gasteiger partial charge is 0.0450 e. The van der Waals surface area contributed by atoms with Crippen molar-refractivity contribution in [1.29, 1.82) is 0 Å². The van der Waals surface area contributed by atoms with Crippen LogP contribution in [0.4, 0.5) is 5.69 Å². The Hall–Kier alpha value is -2.02. The van der Waals surface area contributed by atoms with Crippen molar-refractivity contribution < 1.29 is 0 Å². The van der Waals surface area contributed by atoms with Gasteiger partial charge >= 0.3 is 0 Å². The van der Waals surface area contributed by atoms with E-state index in [9.17, 15) is 0 Å². The van der Waals surface area contributed by atoms with Crippen molar-refractivity contribution >= 4 is 5.69 Å². The molecular formula is C22H29N. The SMILES string of the molecule is CC(=CNc1c(C(C)C)cccc1C(C)C)Cc1ccccc1. The number of hydrogen-bond acceptors (Lipinski definition) is 1. The van der Waals surface area contributed by atoms with Crippen molar-refractivity contribution in [1.82, 2.24) is 0 Å². The second-order valence-corrected chi connectivity index (χ2v) is 6.92. The second-order valence-electron chi connectivity index (χ2n) is 6.92. The number of benzene rings is 2. The molecule has 0 bridgehead atoms. The van der Waals surface area contributed by atoms with Crippen molar-refractivity contribution in [3.05, 3.63) is 77.0 Å². The van der Waals surface area contributed by atoms with Crippen LogP contribution in [-0.4, -0.2) is 0 Å². The van der Waals surface area contributed by atoms with E-state index in [2.05, 4.69) is 94.7 Å². The molecule has 0 saturated heterocycles. The predicted octanol–water partition coefficient (Wildman–Crippen LogP) is 6.49. The van der Waals surface area contributed by atoms with Crippen LogP contribution in [0, 0.1) is 0 Å². The van der Waals surface area contributed by atoms with Crippen molar-refractivity contribution in [2.45, 2.75) is 52.9 Å². The van der Waals surface area contributed by atoms with Crippen LogP contribution in [0.15, 0.2) is 60.3 Å². The van der Waals surface area contributed by atoms with Gasteiger partial charge in [-0.05, 0) is 41.9 Å². The lowest BCUT2D eigenvalue weighted by molar-refractivity contribution is 0.838. The Bertz CT molecular complexity index is 625. The van der Waals surface area contributed by atoms with Crippen molar-refractivity contribution in [2.75, 3.05) is 5.32 Å². The van der Waals surface area contributed by atoms with Crippen LogP contribution in [0.1, 0.15) is 63.1 Å². The van der Waals surface area contributed by atoms with Crippen LogP contribution < -0.4 is 5.32 Å². The highest BCUT2D eigenvalue weighted by Crippen LogP contribution is 2.32. The quantitative estimate of drug-likeness (QED) is 0.643. The van der Waals surface area contributed by atoms with E-state index < -0.39 is 0 Å². The monoisotopic (exact) mass is 307 g/mol. The summed E-state index contributed by atoms with van der Waals surface area (Å²) in [4.78, 5) is 0. The standard InChI is InChI=1S/C22H29N/c1-16(2)20-12-9-13-21(17(3)4)22(20)23-15-18(5)14-19-10-7-6-8-11-19/h6-13,15-17,23H,14H2,1-5H3. The van der Waals surface area contributed by atoms with E-state index in [1.807, 2.05) is 0 Å².